The summed E-state index contributed by atoms with van der Waals surface area (Å²) in [6.07, 6.45) is -1.99. The smallest absolute Gasteiger partial charge is 0.406 e. The summed E-state index contributed by atoms with van der Waals surface area (Å²) in [5, 5.41) is 1.72. The first-order valence-corrected chi connectivity index (χ1v) is 11.7. The van der Waals surface area contributed by atoms with Gasteiger partial charge in [-0.3, -0.25) is 10.1 Å². The van der Waals surface area contributed by atoms with Crippen molar-refractivity contribution in [1.82, 2.24) is 5.01 Å². The van der Waals surface area contributed by atoms with Gasteiger partial charge in [-0.2, -0.15) is 0 Å². The standard InChI is InChI=1S/C21H26F3N3O3S/c1-26(31(2,28)29)18-10-11-19(30-21(22,23)24)17(14-18)13-16-9-6-12-27(25)20(16)15-7-4-3-5-8-15/h3-5,7-8,10-11,14,16,20H,6,9,12-13,25H2,1-2H3. The largest absolute Gasteiger partial charge is 0.573 e. The third-order valence-electron chi connectivity index (χ3n) is 5.55. The second-order valence-corrected chi connectivity index (χ2v) is 9.78. The first kappa shape index (κ1) is 23.4. The summed E-state index contributed by atoms with van der Waals surface area (Å²) in [7, 11) is -2.22. The fourth-order valence-electron chi connectivity index (χ4n) is 4.05. The molecule has 2 aromatic carbocycles. The van der Waals surface area contributed by atoms with Crippen molar-refractivity contribution in [2.24, 2.45) is 11.8 Å². The maximum atomic E-state index is 13.0. The number of anilines is 1. The Morgan fingerprint density at radius 3 is 2.48 bits per heavy atom. The number of hydrazine groups is 1. The number of nitrogens with two attached hydrogens (primary N) is 1. The Bertz CT molecular complexity index is 1000. The number of piperidine rings is 1. The van der Waals surface area contributed by atoms with E-state index in [1.807, 2.05) is 30.3 Å². The average molecular weight is 458 g/mol. The Morgan fingerprint density at radius 2 is 1.87 bits per heavy atom. The topological polar surface area (TPSA) is 75.9 Å². The number of hydrogen-bond acceptors (Lipinski definition) is 5. The zero-order valence-corrected chi connectivity index (χ0v) is 18.2. The quantitative estimate of drug-likeness (QED) is 0.667. The van der Waals surface area contributed by atoms with E-state index in [9.17, 15) is 21.6 Å². The van der Waals surface area contributed by atoms with E-state index < -0.39 is 16.4 Å². The van der Waals surface area contributed by atoms with Gasteiger partial charge in [0.15, 0.2) is 0 Å². The lowest BCUT2D eigenvalue weighted by Gasteiger charge is -2.39. The van der Waals surface area contributed by atoms with Crippen LogP contribution in [0.1, 0.15) is 30.0 Å². The number of benzene rings is 2. The molecule has 0 amide bonds. The molecule has 3 rings (SSSR count). The van der Waals surface area contributed by atoms with Crippen molar-refractivity contribution in [2.75, 3.05) is 24.2 Å². The number of halogens is 3. The summed E-state index contributed by atoms with van der Waals surface area (Å²) < 4.78 is 68.1. The third-order valence-corrected chi connectivity index (χ3v) is 6.75. The molecule has 0 aliphatic carbocycles. The summed E-state index contributed by atoms with van der Waals surface area (Å²) in [5.74, 6) is 5.86. The Labute approximate surface area is 180 Å². The number of nitrogens with zero attached hydrogens (tertiary/aromatic N) is 2. The summed E-state index contributed by atoms with van der Waals surface area (Å²) >= 11 is 0. The highest BCUT2D eigenvalue weighted by atomic mass is 32.2. The van der Waals surface area contributed by atoms with Crippen LogP contribution in [0, 0.1) is 5.92 Å². The highest BCUT2D eigenvalue weighted by Gasteiger charge is 2.35. The van der Waals surface area contributed by atoms with E-state index in [4.69, 9.17) is 5.84 Å². The molecular formula is C21H26F3N3O3S. The van der Waals surface area contributed by atoms with E-state index in [-0.39, 0.29) is 35.4 Å². The van der Waals surface area contributed by atoms with Crippen molar-refractivity contribution in [1.29, 1.82) is 0 Å². The van der Waals surface area contributed by atoms with Crippen LogP contribution in [0.2, 0.25) is 0 Å². The minimum Gasteiger partial charge on any atom is -0.406 e. The van der Waals surface area contributed by atoms with Crippen LogP contribution in [0.25, 0.3) is 0 Å². The second-order valence-electron chi connectivity index (χ2n) is 7.77. The second kappa shape index (κ2) is 9.05. The van der Waals surface area contributed by atoms with E-state index in [0.717, 1.165) is 29.0 Å². The first-order chi connectivity index (χ1) is 14.5. The van der Waals surface area contributed by atoms with Crippen LogP contribution in [-0.4, -0.2) is 39.6 Å². The molecule has 1 fully saturated rings. The molecule has 2 aromatic rings. The summed E-state index contributed by atoms with van der Waals surface area (Å²) in [6.45, 7) is 0.679. The normalized spacial score (nSPS) is 20.5. The monoisotopic (exact) mass is 457 g/mol. The van der Waals surface area contributed by atoms with E-state index in [1.165, 1.54) is 25.2 Å². The fraction of sp³-hybridized carbons (Fsp3) is 0.429. The number of hydrogen-bond donors (Lipinski definition) is 1. The van der Waals surface area contributed by atoms with Crippen LogP contribution in [0.3, 0.4) is 0 Å². The molecular weight excluding hydrogens is 431 g/mol. The van der Waals surface area contributed by atoms with Crippen molar-refractivity contribution in [3.8, 4) is 5.75 Å². The predicted molar refractivity (Wildman–Crippen MR) is 113 cm³/mol. The van der Waals surface area contributed by atoms with Gasteiger partial charge in [0, 0.05) is 13.6 Å². The molecule has 0 bridgehead atoms. The maximum Gasteiger partial charge on any atom is 0.573 e. The number of alkyl halides is 3. The van der Waals surface area contributed by atoms with Crippen molar-refractivity contribution < 1.29 is 26.3 Å². The van der Waals surface area contributed by atoms with Crippen molar-refractivity contribution in [2.45, 2.75) is 31.7 Å². The van der Waals surface area contributed by atoms with Crippen LogP contribution in [-0.2, 0) is 16.4 Å². The van der Waals surface area contributed by atoms with Crippen LogP contribution in [0.15, 0.2) is 48.5 Å². The molecule has 10 heteroatoms. The van der Waals surface area contributed by atoms with Crippen molar-refractivity contribution in [3.63, 3.8) is 0 Å². The summed E-state index contributed by atoms with van der Waals surface area (Å²) in [5.41, 5.74) is 1.53. The molecule has 0 saturated carbocycles. The lowest BCUT2D eigenvalue weighted by Crippen LogP contribution is -2.44. The molecule has 1 saturated heterocycles. The minimum atomic E-state index is -4.86. The molecule has 6 nitrogen and oxygen atoms in total. The van der Waals surface area contributed by atoms with Crippen molar-refractivity contribution in [3.05, 3.63) is 59.7 Å². The minimum absolute atomic E-state index is 0.0736. The molecule has 31 heavy (non-hydrogen) atoms. The molecule has 0 spiro atoms. The van der Waals surface area contributed by atoms with Gasteiger partial charge in [0.05, 0.1) is 18.0 Å². The lowest BCUT2D eigenvalue weighted by molar-refractivity contribution is -0.274. The Morgan fingerprint density at radius 1 is 1.19 bits per heavy atom. The maximum absolute atomic E-state index is 13.0. The van der Waals surface area contributed by atoms with Gasteiger partial charge in [0.25, 0.3) is 0 Å². The number of ether oxygens (including phenoxy) is 1. The van der Waals surface area contributed by atoms with E-state index in [2.05, 4.69) is 4.74 Å². The summed E-state index contributed by atoms with van der Waals surface area (Å²) in [6, 6.07) is 13.3. The molecule has 170 valence electrons. The zero-order valence-electron chi connectivity index (χ0n) is 17.3. The molecule has 1 aliphatic rings. The van der Waals surface area contributed by atoms with E-state index in [1.54, 1.807) is 5.01 Å². The molecule has 0 radical (unpaired) electrons. The van der Waals surface area contributed by atoms with Crippen LogP contribution < -0.4 is 14.9 Å². The number of rotatable bonds is 6. The van der Waals surface area contributed by atoms with Gasteiger partial charge < -0.3 is 4.74 Å². The molecule has 2 N–H and O–H groups in total. The third kappa shape index (κ3) is 5.90. The van der Waals surface area contributed by atoms with Gasteiger partial charge in [0.1, 0.15) is 5.75 Å². The molecule has 2 atom stereocenters. The lowest BCUT2D eigenvalue weighted by atomic mass is 9.81. The Balaban J connectivity index is 1.99. The molecule has 0 aromatic heterocycles. The van der Waals surface area contributed by atoms with Gasteiger partial charge >= 0.3 is 6.36 Å². The molecule has 1 aliphatic heterocycles. The van der Waals surface area contributed by atoms with Gasteiger partial charge in [-0.15, -0.1) is 13.2 Å². The van der Waals surface area contributed by atoms with Gasteiger partial charge in [-0.1, -0.05) is 30.3 Å². The van der Waals surface area contributed by atoms with Crippen molar-refractivity contribution >= 4 is 15.7 Å². The molecule has 1 heterocycles. The van der Waals surface area contributed by atoms with Crippen LogP contribution in [0.4, 0.5) is 18.9 Å². The number of sulfonamides is 1. The summed E-state index contributed by atoms with van der Waals surface area (Å²) in [4.78, 5) is 0. The first-order valence-electron chi connectivity index (χ1n) is 9.84. The Hall–Kier alpha value is -2.30. The van der Waals surface area contributed by atoms with Gasteiger partial charge in [-0.25, -0.2) is 13.4 Å². The highest BCUT2D eigenvalue weighted by molar-refractivity contribution is 7.92. The molecule has 2 unspecified atom stereocenters. The van der Waals surface area contributed by atoms with Crippen LogP contribution >= 0.6 is 0 Å². The average Bonchev–Trinajstić information content (AvgIpc) is 2.68. The van der Waals surface area contributed by atoms with Gasteiger partial charge in [0.2, 0.25) is 10.0 Å². The predicted octanol–water partition coefficient (Wildman–Crippen LogP) is 3.85. The zero-order chi connectivity index (χ0) is 22.8. The fourth-order valence-corrected chi connectivity index (χ4v) is 4.55. The van der Waals surface area contributed by atoms with E-state index in [0.29, 0.717) is 6.54 Å². The highest BCUT2D eigenvalue weighted by Crippen LogP contribution is 2.39. The van der Waals surface area contributed by atoms with Crippen LogP contribution in [0.5, 0.6) is 5.75 Å². The van der Waals surface area contributed by atoms with Gasteiger partial charge in [-0.05, 0) is 54.5 Å². The van der Waals surface area contributed by atoms with E-state index >= 15 is 0 Å². The SMILES string of the molecule is CN(c1ccc(OC(F)(F)F)c(CC2CCCN(N)C2c2ccccc2)c1)S(C)(=O)=O. The Kier molecular flexibility index (Phi) is 6.82.